The smallest absolute Gasteiger partial charge is 0.376 e. The molecule has 0 unspecified atom stereocenters. The largest absolute Gasteiger partial charge is 0.419 e. The van der Waals surface area contributed by atoms with E-state index in [0.717, 1.165) is 16.7 Å². The van der Waals surface area contributed by atoms with Crippen LogP contribution in [0.1, 0.15) is 15.9 Å². The number of nitrogens with two attached hydrogens (primary N) is 1. The summed E-state index contributed by atoms with van der Waals surface area (Å²) < 4.78 is 38.2. The van der Waals surface area contributed by atoms with Crippen molar-refractivity contribution in [2.45, 2.75) is 6.18 Å². The fraction of sp³-hybridized carbons (Fsp3) is 0.143. The zero-order valence-electron chi connectivity index (χ0n) is 11.6. The second-order valence-corrected chi connectivity index (χ2v) is 5.29. The molecule has 0 spiro atoms. The van der Waals surface area contributed by atoms with E-state index in [1.54, 1.807) is 0 Å². The van der Waals surface area contributed by atoms with Gasteiger partial charge in [0, 0.05) is 22.0 Å². The molecule has 2 aromatic rings. The average molecular weight is 343 g/mol. The molecule has 2 rings (SSSR count). The zero-order chi connectivity index (χ0) is 17.0. The number of rotatable bonds is 5. The van der Waals surface area contributed by atoms with Crippen LogP contribution in [0.15, 0.2) is 35.0 Å². The van der Waals surface area contributed by atoms with E-state index < -0.39 is 23.6 Å². The third-order valence-corrected chi connectivity index (χ3v) is 3.57. The first-order valence-corrected chi connectivity index (χ1v) is 7.28. The lowest BCUT2D eigenvalue weighted by atomic mass is 10.2. The number of carbonyl (C=O) groups excluding carboxylic acids is 2. The molecule has 9 heteroatoms. The minimum atomic E-state index is -4.52. The van der Waals surface area contributed by atoms with Crippen molar-refractivity contribution in [2.75, 3.05) is 17.2 Å². The maximum Gasteiger partial charge on any atom is 0.419 e. The summed E-state index contributed by atoms with van der Waals surface area (Å²) in [4.78, 5) is 22.6. The van der Waals surface area contributed by atoms with Crippen molar-refractivity contribution in [3.63, 3.8) is 0 Å². The minimum absolute atomic E-state index is 0.0601. The number of anilines is 2. The van der Waals surface area contributed by atoms with Gasteiger partial charge in [-0.15, -0.1) is 11.3 Å². The highest BCUT2D eigenvalue weighted by Gasteiger charge is 2.34. The SMILES string of the molecule is NC(=O)CNc1ccc(C(=O)Nc2cscc2C(F)(F)F)cc1. The summed E-state index contributed by atoms with van der Waals surface area (Å²) in [6.45, 7) is -0.0601. The van der Waals surface area contributed by atoms with E-state index in [2.05, 4.69) is 10.6 Å². The standard InChI is InChI=1S/C14H12F3N3O2S/c15-14(16,17)10-6-23-7-11(10)20-13(22)8-1-3-9(4-2-8)19-5-12(18)21/h1-4,6-7,19H,5H2,(H2,18,21)(H,20,22). The number of alkyl halides is 3. The first kappa shape index (κ1) is 16.8. The quantitative estimate of drug-likeness (QED) is 0.780. The van der Waals surface area contributed by atoms with E-state index in [-0.39, 0.29) is 17.8 Å². The van der Waals surface area contributed by atoms with E-state index in [0.29, 0.717) is 5.69 Å². The molecule has 1 aromatic carbocycles. The number of thiophene rings is 1. The van der Waals surface area contributed by atoms with Gasteiger partial charge in [-0.2, -0.15) is 13.2 Å². The van der Waals surface area contributed by atoms with Crippen LogP contribution in [0.2, 0.25) is 0 Å². The molecule has 2 amide bonds. The molecule has 0 radical (unpaired) electrons. The molecule has 23 heavy (non-hydrogen) atoms. The number of benzene rings is 1. The van der Waals surface area contributed by atoms with Crippen LogP contribution in [-0.4, -0.2) is 18.4 Å². The van der Waals surface area contributed by atoms with Gasteiger partial charge >= 0.3 is 6.18 Å². The number of halogens is 3. The lowest BCUT2D eigenvalue weighted by molar-refractivity contribution is -0.136. The molecule has 0 atom stereocenters. The van der Waals surface area contributed by atoms with Gasteiger partial charge in [-0.1, -0.05) is 0 Å². The Balaban J connectivity index is 2.07. The molecule has 0 aliphatic rings. The molecular formula is C14H12F3N3O2S. The van der Waals surface area contributed by atoms with Gasteiger partial charge < -0.3 is 16.4 Å². The number of nitrogens with one attached hydrogen (secondary N) is 2. The van der Waals surface area contributed by atoms with Crippen molar-refractivity contribution in [2.24, 2.45) is 5.73 Å². The first-order chi connectivity index (χ1) is 10.8. The second kappa shape index (κ2) is 6.69. The zero-order valence-corrected chi connectivity index (χ0v) is 12.4. The monoisotopic (exact) mass is 343 g/mol. The van der Waals surface area contributed by atoms with Gasteiger partial charge in [0.2, 0.25) is 5.91 Å². The van der Waals surface area contributed by atoms with Crippen LogP contribution < -0.4 is 16.4 Å². The van der Waals surface area contributed by atoms with Crippen LogP contribution in [0, 0.1) is 0 Å². The van der Waals surface area contributed by atoms with Crippen molar-refractivity contribution in [1.29, 1.82) is 0 Å². The van der Waals surface area contributed by atoms with Crippen LogP contribution in [0.3, 0.4) is 0 Å². The highest BCUT2D eigenvalue weighted by molar-refractivity contribution is 7.08. The molecule has 5 nitrogen and oxygen atoms in total. The van der Waals surface area contributed by atoms with Crippen molar-refractivity contribution >= 4 is 34.5 Å². The Hall–Kier alpha value is -2.55. The van der Waals surface area contributed by atoms with Crippen molar-refractivity contribution < 1.29 is 22.8 Å². The lowest BCUT2D eigenvalue weighted by Crippen LogP contribution is -2.21. The van der Waals surface area contributed by atoms with Crippen LogP contribution in [0.4, 0.5) is 24.5 Å². The minimum Gasteiger partial charge on any atom is -0.376 e. The van der Waals surface area contributed by atoms with Gasteiger partial charge in [0.05, 0.1) is 17.8 Å². The summed E-state index contributed by atoms with van der Waals surface area (Å²) in [5.74, 6) is -1.20. The summed E-state index contributed by atoms with van der Waals surface area (Å²) >= 11 is 0.854. The summed E-state index contributed by atoms with van der Waals surface area (Å²) in [5, 5.41) is 7.13. The fourth-order valence-corrected chi connectivity index (χ4v) is 2.52. The summed E-state index contributed by atoms with van der Waals surface area (Å²) in [7, 11) is 0. The Labute approximate surface area is 133 Å². The summed E-state index contributed by atoms with van der Waals surface area (Å²) in [6, 6.07) is 5.91. The molecule has 0 aliphatic heterocycles. The van der Waals surface area contributed by atoms with E-state index in [1.807, 2.05) is 0 Å². The van der Waals surface area contributed by atoms with E-state index >= 15 is 0 Å². The Morgan fingerprint density at radius 3 is 2.35 bits per heavy atom. The van der Waals surface area contributed by atoms with E-state index in [9.17, 15) is 22.8 Å². The molecule has 1 heterocycles. The Kier molecular flexibility index (Phi) is 4.89. The fourth-order valence-electron chi connectivity index (χ4n) is 1.74. The first-order valence-electron chi connectivity index (χ1n) is 6.34. The number of amides is 2. The Morgan fingerprint density at radius 2 is 1.78 bits per heavy atom. The third-order valence-electron chi connectivity index (χ3n) is 2.83. The molecule has 0 bridgehead atoms. The summed E-state index contributed by atoms with van der Waals surface area (Å²) in [6.07, 6.45) is -4.52. The number of primary amides is 1. The van der Waals surface area contributed by atoms with E-state index in [4.69, 9.17) is 5.73 Å². The van der Waals surface area contributed by atoms with Crippen LogP contribution in [0.5, 0.6) is 0 Å². The molecule has 0 fully saturated rings. The second-order valence-electron chi connectivity index (χ2n) is 4.55. The van der Waals surface area contributed by atoms with Crippen LogP contribution >= 0.6 is 11.3 Å². The third kappa shape index (κ3) is 4.46. The topological polar surface area (TPSA) is 84.2 Å². The highest BCUT2D eigenvalue weighted by atomic mass is 32.1. The number of hydrogen-bond acceptors (Lipinski definition) is 4. The average Bonchev–Trinajstić information content (AvgIpc) is 2.94. The molecule has 4 N–H and O–H groups in total. The number of hydrogen-bond donors (Lipinski definition) is 3. The van der Waals surface area contributed by atoms with Crippen molar-refractivity contribution in [3.8, 4) is 0 Å². The molecule has 0 saturated carbocycles. The molecule has 0 saturated heterocycles. The Bertz CT molecular complexity index is 711. The van der Waals surface area contributed by atoms with E-state index in [1.165, 1.54) is 29.6 Å². The molecule has 0 aliphatic carbocycles. The highest BCUT2D eigenvalue weighted by Crippen LogP contribution is 2.37. The maximum absolute atomic E-state index is 12.7. The van der Waals surface area contributed by atoms with Crippen molar-refractivity contribution in [1.82, 2.24) is 0 Å². The molecule has 1 aromatic heterocycles. The maximum atomic E-state index is 12.7. The number of carbonyl (C=O) groups is 2. The lowest BCUT2D eigenvalue weighted by Gasteiger charge is -2.10. The normalized spacial score (nSPS) is 11.1. The van der Waals surface area contributed by atoms with Gasteiger partial charge in [-0.05, 0) is 24.3 Å². The molecule has 122 valence electrons. The Morgan fingerprint density at radius 1 is 1.13 bits per heavy atom. The van der Waals surface area contributed by atoms with Gasteiger partial charge in [-0.3, -0.25) is 9.59 Å². The molecular weight excluding hydrogens is 331 g/mol. The summed E-state index contributed by atoms with van der Waals surface area (Å²) in [5.41, 5.74) is 4.58. The predicted molar refractivity (Wildman–Crippen MR) is 81.4 cm³/mol. The van der Waals surface area contributed by atoms with Gasteiger partial charge in [0.25, 0.3) is 5.91 Å². The predicted octanol–water partition coefficient (Wildman–Crippen LogP) is 2.92. The van der Waals surface area contributed by atoms with Crippen molar-refractivity contribution in [3.05, 3.63) is 46.2 Å². The van der Waals surface area contributed by atoms with Gasteiger partial charge in [0.15, 0.2) is 0 Å². The van der Waals surface area contributed by atoms with Gasteiger partial charge in [0.1, 0.15) is 0 Å². The van der Waals surface area contributed by atoms with Crippen LogP contribution in [-0.2, 0) is 11.0 Å². The van der Waals surface area contributed by atoms with Gasteiger partial charge in [-0.25, -0.2) is 0 Å². The van der Waals surface area contributed by atoms with Crippen LogP contribution in [0.25, 0.3) is 0 Å².